The van der Waals surface area contributed by atoms with Crippen LogP contribution in [0, 0.1) is 11.7 Å². The number of rotatable bonds is 5. The number of nitrogens with two attached hydrogens (primary N) is 1. The van der Waals surface area contributed by atoms with Gasteiger partial charge in [-0.25, -0.2) is 4.39 Å². The van der Waals surface area contributed by atoms with Gasteiger partial charge in [-0.1, -0.05) is 6.92 Å². The Balaban J connectivity index is 2.15. The van der Waals surface area contributed by atoms with Crippen LogP contribution >= 0.6 is 0 Å². The van der Waals surface area contributed by atoms with Crippen LogP contribution in [0.4, 0.5) is 4.39 Å². The molecule has 0 saturated carbocycles. The highest BCUT2D eigenvalue weighted by Crippen LogP contribution is 2.26. The molecule has 0 fully saturated rings. The summed E-state index contributed by atoms with van der Waals surface area (Å²) in [4.78, 5) is 0. The third-order valence-corrected chi connectivity index (χ3v) is 2.97. The lowest BCUT2D eigenvalue weighted by molar-refractivity contribution is 0.150. The minimum absolute atomic E-state index is 0.189. The van der Waals surface area contributed by atoms with Gasteiger partial charge in [0.2, 0.25) is 0 Å². The molecule has 0 aliphatic heterocycles. The molecular formula is C14H18FNO2. The zero-order valence-corrected chi connectivity index (χ0v) is 10.7. The van der Waals surface area contributed by atoms with Gasteiger partial charge < -0.3 is 14.9 Å². The largest absolute Gasteiger partial charge is 0.459 e. The van der Waals surface area contributed by atoms with Crippen molar-refractivity contribution in [1.82, 2.24) is 0 Å². The monoisotopic (exact) mass is 251 g/mol. The van der Waals surface area contributed by atoms with E-state index in [1.807, 2.05) is 6.07 Å². The lowest BCUT2D eigenvalue weighted by Crippen LogP contribution is -2.16. The van der Waals surface area contributed by atoms with Gasteiger partial charge in [0.15, 0.2) is 0 Å². The molecule has 2 aromatic rings. The van der Waals surface area contributed by atoms with Crippen LogP contribution in [0.1, 0.15) is 25.1 Å². The van der Waals surface area contributed by atoms with E-state index in [4.69, 9.17) is 14.9 Å². The number of ether oxygens (including phenoxy) is 1. The number of fused-ring (bicyclic) bond motifs is 1. The molecule has 4 heteroatoms. The zero-order valence-electron chi connectivity index (χ0n) is 10.7. The maximum absolute atomic E-state index is 13.1. The predicted octanol–water partition coefficient (Wildman–Crippen LogP) is 3.24. The first-order valence-electron chi connectivity index (χ1n) is 6.03. The van der Waals surface area contributed by atoms with Gasteiger partial charge in [0.05, 0.1) is 6.04 Å². The summed E-state index contributed by atoms with van der Waals surface area (Å²) >= 11 is 0. The van der Waals surface area contributed by atoms with E-state index in [2.05, 4.69) is 6.92 Å². The summed E-state index contributed by atoms with van der Waals surface area (Å²) < 4.78 is 23.8. The predicted molar refractivity (Wildman–Crippen MR) is 68.8 cm³/mol. The molecule has 1 aromatic heterocycles. The summed E-state index contributed by atoms with van der Waals surface area (Å²) in [7, 11) is 1.67. The van der Waals surface area contributed by atoms with Gasteiger partial charge in [0, 0.05) is 19.1 Å². The van der Waals surface area contributed by atoms with E-state index < -0.39 is 0 Å². The normalized spacial score (nSPS) is 14.9. The lowest BCUT2D eigenvalue weighted by Gasteiger charge is -2.14. The summed E-state index contributed by atoms with van der Waals surface area (Å²) in [5.41, 5.74) is 6.75. The number of methoxy groups -OCH3 is 1. The Labute approximate surface area is 106 Å². The minimum Gasteiger partial charge on any atom is -0.459 e. The quantitative estimate of drug-likeness (QED) is 0.887. The minimum atomic E-state index is -0.267. The first-order valence-corrected chi connectivity index (χ1v) is 6.03. The van der Waals surface area contributed by atoms with Crippen LogP contribution in [-0.4, -0.2) is 13.7 Å². The smallest absolute Gasteiger partial charge is 0.134 e. The molecule has 3 nitrogen and oxygen atoms in total. The fourth-order valence-corrected chi connectivity index (χ4v) is 2.12. The van der Waals surface area contributed by atoms with Gasteiger partial charge in [0.1, 0.15) is 17.2 Å². The molecule has 98 valence electrons. The van der Waals surface area contributed by atoms with Gasteiger partial charge in [0.25, 0.3) is 0 Å². The van der Waals surface area contributed by atoms with E-state index in [0.717, 1.165) is 11.8 Å². The number of halogens is 1. The number of benzene rings is 1. The van der Waals surface area contributed by atoms with Gasteiger partial charge in [-0.2, -0.15) is 0 Å². The fraction of sp³-hybridized carbons (Fsp3) is 0.429. The summed E-state index contributed by atoms with van der Waals surface area (Å²) in [5.74, 6) is 0.782. The van der Waals surface area contributed by atoms with Crippen LogP contribution < -0.4 is 5.73 Å². The van der Waals surface area contributed by atoms with Crippen molar-refractivity contribution in [2.45, 2.75) is 19.4 Å². The molecule has 2 unspecified atom stereocenters. The molecular weight excluding hydrogens is 233 g/mol. The molecule has 0 amide bonds. The second kappa shape index (κ2) is 5.50. The maximum Gasteiger partial charge on any atom is 0.134 e. The Kier molecular flexibility index (Phi) is 3.99. The fourth-order valence-electron chi connectivity index (χ4n) is 2.12. The van der Waals surface area contributed by atoms with E-state index in [0.29, 0.717) is 23.9 Å². The van der Waals surface area contributed by atoms with E-state index in [9.17, 15) is 4.39 Å². The van der Waals surface area contributed by atoms with Crippen molar-refractivity contribution in [1.29, 1.82) is 0 Å². The average Bonchev–Trinajstić information content (AvgIpc) is 2.72. The van der Waals surface area contributed by atoms with Gasteiger partial charge in [-0.3, -0.25) is 0 Å². The number of hydrogen-bond acceptors (Lipinski definition) is 3. The first-order chi connectivity index (χ1) is 8.60. The SMILES string of the molecule is COCC(C)CC(N)c1cc2cc(F)ccc2o1. The molecule has 18 heavy (non-hydrogen) atoms. The summed E-state index contributed by atoms with van der Waals surface area (Å²) in [5, 5.41) is 0.750. The van der Waals surface area contributed by atoms with Crippen LogP contribution in [0.25, 0.3) is 11.0 Å². The highest BCUT2D eigenvalue weighted by molar-refractivity contribution is 5.77. The molecule has 1 aromatic carbocycles. The molecule has 2 N–H and O–H groups in total. The molecule has 2 rings (SSSR count). The Morgan fingerprint density at radius 2 is 2.17 bits per heavy atom. The molecule has 2 atom stereocenters. The van der Waals surface area contributed by atoms with Crippen molar-refractivity contribution in [3.63, 3.8) is 0 Å². The molecule has 0 saturated heterocycles. The van der Waals surface area contributed by atoms with Crippen molar-refractivity contribution < 1.29 is 13.5 Å². The molecule has 1 heterocycles. The first kappa shape index (κ1) is 13.1. The van der Waals surface area contributed by atoms with Crippen LogP contribution in [0.2, 0.25) is 0 Å². The number of furan rings is 1. The third kappa shape index (κ3) is 2.89. The van der Waals surface area contributed by atoms with E-state index in [1.54, 1.807) is 13.2 Å². The van der Waals surface area contributed by atoms with Crippen molar-refractivity contribution in [3.05, 3.63) is 35.8 Å². The van der Waals surface area contributed by atoms with Gasteiger partial charge in [-0.15, -0.1) is 0 Å². The molecule has 0 aliphatic rings. The second-order valence-corrected chi connectivity index (χ2v) is 4.73. The Morgan fingerprint density at radius 3 is 2.89 bits per heavy atom. The van der Waals surface area contributed by atoms with Crippen LogP contribution in [0.5, 0.6) is 0 Å². The summed E-state index contributed by atoms with van der Waals surface area (Å²) in [6.07, 6.45) is 0.774. The lowest BCUT2D eigenvalue weighted by atomic mass is 10.0. The molecule has 0 bridgehead atoms. The van der Waals surface area contributed by atoms with Gasteiger partial charge in [-0.05, 0) is 36.6 Å². The highest BCUT2D eigenvalue weighted by Gasteiger charge is 2.15. The zero-order chi connectivity index (χ0) is 13.1. The summed E-state index contributed by atoms with van der Waals surface area (Å²) in [6, 6.07) is 6.08. The highest BCUT2D eigenvalue weighted by atomic mass is 19.1. The Morgan fingerprint density at radius 1 is 1.39 bits per heavy atom. The summed E-state index contributed by atoms with van der Waals surface area (Å²) in [6.45, 7) is 2.74. The molecule has 0 spiro atoms. The second-order valence-electron chi connectivity index (χ2n) is 4.73. The Hall–Kier alpha value is -1.39. The van der Waals surface area contributed by atoms with E-state index in [-0.39, 0.29) is 11.9 Å². The number of hydrogen-bond donors (Lipinski definition) is 1. The topological polar surface area (TPSA) is 48.4 Å². The van der Waals surface area contributed by atoms with Crippen molar-refractivity contribution in [2.24, 2.45) is 11.7 Å². The van der Waals surface area contributed by atoms with Crippen molar-refractivity contribution in [3.8, 4) is 0 Å². The van der Waals surface area contributed by atoms with E-state index >= 15 is 0 Å². The average molecular weight is 251 g/mol. The van der Waals surface area contributed by atoms with Crippen molar-refractivity contribution in [2.75, 3.05) is 13.7 Å². The molecule has 0 radical (unpaired) electrons. The van der Waals surface area contributed by atoms with Gasteiger partial charge >= 0.3 is 0 Å². The third-order valence-electron chi connectivity index (χ3n) is 2.97. The van der Waals surface area contributed by atoms with Crippen LogP contribution in [0.15, 0.2) is 28.7 Å². The Bertz CT molecular complexity index is 523. The van der Waals surface area contributed by atoms with Crippen LogP contribution in [-0.2, 0) is 4.74 Å². The van der Waals surface area contributed by atoms with Crippen LogP contribution in [0.3, 0.4) is 0 Å². The maximum atomic E-state index is 13.1. The van der Waals surface area contributed by atoms with Crippen molar-refractivity contribution >= 4 is 11.0 Å². The van der Waals surface area contributed by atoms with E-state index in [1.165, 1.54) is 12.1 Å². The molecule has 0 aliphatic carbocycles. The standard InChI is InChI=1S/C14H18FNO2/c1-9(8-17-2)5-12(16)14-7-10-6-11(15)3-4-13(10)18-14/h3-4,6-7,9,12H,5,8,16H2,1-2H3.